The summed E-state index contributed by atoms with van der Waals surface area (Å²) < 4.78 is 120. The number of carbonyl (C=O) groups is 1. The highest BCUT2D eigenvalue weighted by Gasteiger charge is 2.39. The Hall–Kier alpha value is -1.49. The highest BCUT2D eigenvalue weighted by molar-refractivity contribution is 5.69. The standard InChI is InChI=1S/C58H114O26/c1-2-3-4-5-6-7-8-9-10-11-56(61)83-51-50-81-47-46-79-43-42-77-39-38-75-35-34-73-31-30-71-27-26-69-23-22-67-19-18-65-15-14-63-12-13-64-16-17-66-20-21-68-24-25-70-28-29-72-32-33-74-36-37-76-40-41-78-44-45-80-48-49-82-52-55(60)58-57(62)54(59)53-84-58/h54-55,57-60,62H,2-53H2,1H3/t54-,55?,57+,58+/m0/s1. The summed E-state index contributed by atoms with van der Waals surface area (Å²) in [5, 5.41) is 29.2. The largest absolute Gasteiger partial charge is 0.463 e. The van der Waals surface area contributed by atoms with Crippen LogP contribution in [0.4, 0.5) is 0 Å². The Bertz CT molecular complexity index is 1270. The molecule has 0 aliphatic carbocycles. The van der Waals surface area contributed by atoms with Crippen molar-refractivity contribution in [2.45, 2.75) is 95.5 Å². The van der Waals surface area contributed by atoms with E-state index in [0.717, 1.165) is 12.8 Å². The van der Waals surface area contributed by atoms with Crippen LogP contribution in [0.2, 0.25) is 0 Å². The van der Waals surface area contributed by atoms with Gasteiger partial charge in [0.15, 0.2) is 0 Å². The molecule has 26 nitrogen and oxygen atoms in total. The fraction of sp³-hybridized carbons (Fsp3) is 0.983. The van der Waals surface area contributed by atoms with Gasteiger partial charge < -0.3 is 120 Å². The summed E-state index contributed by atoms with van der Waals surface area (Å²) in [5.74, 6) is -0.144. The molecule has 0 spiro atoms. The number of esters is 1. The average Bonchev–Trinajstić information content (AvgIpc) is 3.86. The molecule has 1 aliphatic heterocycles. The lowest BCUT2D eigenvalue weighted by Crippen LogP contribution is -2.41. The van der Waals surface area contributed by atoms with E-state index in [1.807, 2.05) is 0 Å². The van der Waals surface area contributed by atoms with Gasteiger partial charge in [-0.2, -0.15) is 0 Å². The summed E-state index contributed by atoms with van der Waals surface area (Å²) in [4.78, 5) is 11.8. The van der Waals surface area contributed by atoms with Crippen molar-refractivity contribution >= 4 is 5.97 Å². The van der Waals surface area contributed by atoms with Crippen LogP contribution in [0, 0.1) is 0 Å². The molecule has 0 saturated carbocycles. The van der Waals surface area contributed by atoms with Crippen molar-refractivity contribution in [2.24, 2.45) is 0 Å². The van der Waals surface area contributed by atoms with Crippen LogP contribution < -0.4 is 0 Å². The fourth-order valence-corrected chi connectivity index (χ4v) is 7.31. The molecule has 0 aromatic rings. The summed E-state index contributed by atoms with van der Waals surface area (Å²) in [6, 6.07) is 0. The van der Waals surface area contributed by atoms with Gasteiger partial charge in [-0.15, -0.1) is 0 Å². The monoisotopic (exact) mass is 1230 g/mol. The predicted octanol–water partition coefficient (Wildman–Crippen LogP) is 2.26. The van der Waals surface area contributed by atoms with E-state index in [1.165, 1.54) is 44.9 Å². The number of ether oxygens (including phenoxy) is 22. The lowest BCUT2D eigenvalue weighted by Gasteiger charge is -2.20. The van der Waals surface area contributed by atoms with Crippen molar-refractivity contribution in [2.75, 3.05) is 277 Å². The molecule has 84 heavy (non-hydrogen) atoms. The third-order valence-corrected chi connectivity index (χ3v) is 11.9. The van der Waals surface area contributed by atoms with Crippen LogP contribution in [0.15, 0.2) is 0 Å². The normalized spacial score (nSPS) is 15.7. The molecule has 4 atom stereocenters. The fourth-order valence-electron chi connectivity index (χ4n) is 7.31. The molecule has 1 rings (SSSR count). The van der Waals surface area contributed by atoms with Crippen LogP contribution in [0.5, 0.6) is 0 Å². The summed E-state index contributed by atoms with van der Waals surface area (Å²) in [6.45, 7) is 20.3. The second kappa shape index (κ2) is 69.0. The van der Waals surface area contributed by atoms with E-state index in [-0.39, 0.29) is 32.4 Å². The SMILES string of the molecule is CCCCCCCCCCCC(=O)OCCOCCOCCOCCOCCOCCOCCOCCOCCOCCOCCOCCOCCOCCOCCOCCOCCOCCOCCOCCOCC(O)[C@H]1OC[C@H](O)[C@H]1O. The van der Waals surface area contributed by atoms with Gasteiger partial charge in [0.25, 0.3) is 0 Å². The third kappa shape index (κ3) is 60.8. The van der Waals surface area contributed by atoms with Crippen molar-refractivity contribution in [3.05, 3.63) is 0 Å². The topological polar surface area (TPSA) is 281 Å². The zero-order valence-corrected chi connectivity index (χ0v) is 51.3. The van der Waals surface area contributed by atoms with Gasteiger partial charge in [0.05, 0.1) is 271 Å². The van der Waals surface area contributed by atoms with Gasteiger partial charge in [-0.3, -0.25) is 4.79 Å². The van der Waals surface area contributed by atoms with E-state index in [2.05, 4.69) is 6.92 Å². The van der Waals surface area contributed by atoms with Crippen LogP contribution in [-0.2, 0) is 109 Å². The molecular weight excluding hydrogens is 1110 g/mol. The van der Waals surface area contributed by atoms with E-state index in [0.29, 0.717) is 257 Å². The van der Waals surface area contributed by atoms with E-state index < -0.39 is 24.4 Å². The van der Waals surface area contributed by atoms with Crippen molar-refractivity contribution in [1.29, 1.82) is 0 Å². The Morgan fingerprint density at radius 1 is 0.333 bits per heavy atom. The number of rotatable bonds is 73. The van der Waals surface area contributed by atoms with Crippen LogP contribution in [0.1, 0.15) is 71.1 Å². The van der Waals surface area contributed by atoms with Gasteiger partial charge in [-0.25, -0.2) is 0 Å². The molecule has 1 heterocycles. The molecule has 3 N–H and O–H groups in total. The maximum atomic E-state index is 11.8. The quantitative estimate of drug-likeness (QED) is 0.0582. The van der Waals surface area contributed by atoms with Crippen molar-refractivity contribution in [3.63, 3.8) is 0 Å². The Morgan fingerprint density at radius 3 is 0.774 bits per heavy atom. The molecular formula is C58H114O26. The van der Waals surface area contributed by atoms with Gasteiger partial charge in [0.1, 0.15) is 31.0 Å². The van der Waals surface area contributed by atoms with Crippen LogP contribution in [0.25, 0.3) is 0 Å². The Labute approximate surface area is 502 Å². The number of unbranched alkanes of at least 4 members (excludes halogenated alkanes) is 8. The number of hydrogen-bond acceptors (Lipinski definition) is 26. The molecule has 0 aromatic carbocycles. The van der Waals surface area contributed by atoms with Gasteiger partial charge in [0, 0.05) is 6.42 Å². The van der Waals surface area contributed by atoms with Crippen LogP contribution >= 0.6 is 0 Å². The van der Waals surface area contributed by atoms with E-state index in [4.69, 9.17) is 104 Å². The summed E-state index contributed by atoms with van der Waals surface area (Å²) >= 11 is 0. The molecule has 502 valence electrons. The first-order chi connectivity index (χ1) is 41.6. The van der Waals surface area contributed by atoms with E-state index in [9.17, 15) is 20.1 Å². The first-order valence-corrected chi connectivity index (χ1v) is 30.9. The minimum atomic E-state index is -1.12. The van der Waals surface area contributed by atoms with Crippen LogP contribution in [-0.4, -0.2) is 323 Å². The smallest absolute Gasteiger partial charge is 0.305 e. The first kappa shape index (κ1) is 80.5. The zero-order chi connectivity index (χ0) is 60.2. The Morgan fingerprint density at radius 2 is 0.548 bits per heavy atom. The number of hydrogen-bond donors (Lipinski definition) is 3. The maximum absolute atomic E-state index is 11.8. The van der Waals surface area contributed by atoms with Crippen LogP contribution in [0.3, 0.4) is 0 Å². The number of carbonyl (C=O) groups excluding carboxylic acids is 1. The number of aliphatic hydroxyl groups is 3. The van der Waals surface area contributed by atoms with Crippen molar-refractivity contribution < 1.29 is 124 Å². The Kier molecular flexibility index (Phi) is 66.1. The minimum Gasteiger partial charge on any atom is -0.463 e. The molecule has 0 aromatic heterocycles. The zero-order valence-electron chi connectivity index (χ0n) is 51.3. The molecule has 0 bridgehead atoms. The average molecular weight is 1230 g/mol. The molecule has 1 saturated heterocycles. The second-order valence-corrected chi connectivity index (χ2v) is 18.9. The first-order valence-electron chi connectivity index (χ1n) is 30.9. The van der Waals surface area contributed by atoms with Crippen molar-refractivity contribution in [1.82, 2.24) is 0 Å². The Balaban J connectivity index is 1.60. The summed E-state index contributed by atoms with van der Waals surface area (Å²) in [6.07, 6.45) is 7.52. The predicted molar refractivity (Wildman–Crippen MR) is 307 cm³/mol. The van der Waals surface area contributed by atoms with Crippen molar-refractivity contribution in [3.8, 4) is 0 Å². The van der Waals surface area contributed by atoms with E-state index >= 15 is 0 Å². The summed E-state index contributed by atoms with van der Waals surface area (Å²) in [7, 11) is 0. The molecule has 1 unspecified atom stereocenters. The molecule has 0 amide bonds. The molecule has 0 radical (unpaired) electrons. The molecule has 1 aliphatic rings. The molecule has 26 heteroatoms. The highest BCUT2D eigenvalue weighted by atomic mass is 16.6. The van der Waals surface area contributed by atoms with E-state index in [1.54, 1.807) is 0 Å². The lowest BCUT2D eigenvalue weighted by atomic mass is 10.1. The van der Waals surface area contributed by atoms with Gasteiger partial charge in [0.2, 0.25) is 0 Å². The molecule has 1 fully saturated rings. The minimum absolute atomic E-state index is 0.00688. The number of aliphatic hydroxyl groups excluding tert-OH is 3. The highest BCUT2D eigenvalue weighted by Crippen LogP contribution is 2.18. The summed E-state index contributed by atoms with van der Waals surface area (Å²) in [5.41, 5.74) is 0. The van der Waals surface area contributed by atoms with Gasteiger partial charge in [-0.1, -0.05) is 58.3 Å². The maximum Gasteiger partial charge on any atom is 0.305 e. The second-order valence-electron chi connectivity index (χ2n) is 18.9. The lowest BCUT2D eigenvalue weighted by molar-refractivity contribution is -0.145. The van der Waals surface area contributed by atoms with Gasteiger partial charge >= 0.3 is 5.97 Å². The third-order valence-electron chi connectivity index (χ3n) is 11.9. The van der Waals surface area contributed by atoms with Gasteiger partial charge in [-0.05, 0) is 6.42 Å².